The van der Waals surface area contributed by atoms with E-state index in [-0.39, 0.29) is 11.9 Å². The molecule has 154 valence electrons. The van der Waals surface area contributed by atoms with Gasteiger partial charge >= 0.3 is 17.9 Å². The molecule has 0 aliphatic rings. The number of unbranched alkanes of at least 4 members (excludes halogenated alkanes) is 6. The summed E-state index contributed by atoms with van der Waals surface area (Å²) >= 11 is 0. The molecule has 0 amide bonds. The molecule has 0 aromatic rings. The van der Waals surface area contributed by atoms with E-state index >= 15 is 0 Å². The van der Waals surface area contributed by atoms with E-state index in [1.54, 1.807) is 0 Å². The highest BCUT2D eigenvalue weighted by atomic mass is 16.5. The van der Waals surface area contributed by atoms with Crippen LogP contribution in [0.2, 0.25) is 0 Å². The Balaban J connectivity index is 0. The summed E-state index contributed by atoms with van der Waals surface area (Å²) in [7, 11) is 0. The molecule has 0 unspecified atom stereocenters. The molecule has 1 N–H and O–H groups in total. The smallest absolute Gasteiger partial charge is 0.330 e. The van der Waals surface area contributed by atoms with Gasteiger partial charge in [-0.05, 0) is 38.5 Å². The second-order valence-corrected chi connectivity index (χ2v) is 5.88. The number of hydrogen-bond acceptors (Lipinski definition) is 5. The molecule has 0 aliphatic carbocycles. The summed E-state index contributed by atoms with van der Waals surface area (Å²) in [6, 6.07) is 0. The number of aliphatic carboxylic acids is 1. The lowest BCUT2D eigenvalue weighted by atomic mass is 10.1. The fourth-order valence-corrected chi connectivity index (χ4v) is 1.89. The molecule has 0 rings (SSSR count). The molecule has 0 spiro atoms. The second kappa shape index (κ2) is 19.9. The van der Waals surface area contributed by atoms with Crippen molar-refractivity contribution in [1.82, 2.24) is 0 Å². The Hall–Kier alpha value is -2.37. The SMILES string of the molecule is C=C(CCCCCC)C(=O)O.C=CC(=O)OCCCCCCOC(=O)C=C. The van der Waals surface area contributed by atoms with Crippen molar-refractivity contribution in [3.63, 3.8) is 0 Å². The number of carbonyl (C=O) groups is 3. The summed E-state index contributed by atoms with van der Waals surface area (Å²) in [6.45, 7) is 13.0. The van der Waals surface area contributed by atoms with Gasteiger partial charge in [0, 0.05) is 17.7 Å². The van der Waals surface area contributed by atoms with Crippen molar-refractivity contribution in [3.05, 3.63) is 37.5 Å². The van der Waals surface area contributed by atoms with Crippen LogP contribution in [0.15, 0.2) is 37.5 Å². The molecular formula is C21H34O6. The average molecular weight is 382 g/mol. The Labute approximate surface area is 162 Å². The summed E-state index contributed by atoms with van der Waals surface area (Å²) in [5.41, 5.74) is 0.334. The van der Waals surface area contributed by atoms with Crippen LogP contribution in [0.4, 0.5) is 0 Å². The van der Waals surface area contributed by atoms with Gasteiger partial charge in [0.2, 0.25) is 0 Å². The molecule has 0 atom stereocenters. The average Bonchev–Trinajstić information content (AvgIpc) is 2.66. The van der Waals surface area contributed by atoms with Crippen LogP contribution in [0.5, 0.6) is 0 Å². The van der Waals surface area contributed by atoms with E-state index < -0.39 is 5.97 Å². The van der Waals surface area contributed by atoms with Crippen LogP contribution < -0.4 is 0 Å². The lowest BCUT2D eigenvalue weighted by Crippen LogP contribution is -2.03. The van der Waals surface area contributed by atoms with Crippen molar-refractivity contribution in [2.24, 2.45) is 0 Å². The first-order valence-corrected chi connectivity index (χ1v) is 9.38. The molecule has 0 aromatic heterocycles. The zero-order valence-corrected chi connectivity index (χ0v) is 16.5. The monoisotopic (exact) mass is 382 g/mol. The van der Waals surface area contributed by atoms with E-state index in [9.17, 15) is 14.4 Å². The van der Waals surface area contributed by atoms with Crippen molar-refractivity contribution in [1.29, 1.82) is 0 Å². The van der Waals surface area contributed by atoms with Gasteiger partial charge in [-0.1, -0.05) is 45.9 Å². The van der Waals surface area contributed by atoms with Crippen LogP contribution >= 0.6 is 0 Å². The Morgan fingerprint density at radius 2 is 1.26 bits per heavy atom. The van der Waals surface area contributed by atoms with Crippen LogP contribution in [-0.2, 0) is 23.9 Å². The van der Waals surface area contributed by atoms with Crippen molar-refractivity contribution in [2.45, 2.75) is 64.7 Å². The predicted octanol–water partition coefficient (Wildman–Crippen LogP) is 4.60. The van der Waals surface area contributed by atoms with Crippen LogP contribution in [0.25, 0.3) is 0 Å². The highest BCUT2D eigenvalue weighted by Crippen LogP contribution is 2.08. The first-order valence-electron chi connectivity index (χ1n) is 9.38. The Morgan fingerprint density at radius 3 is 1.63 bits per heavy atom. The summed E-state index contributed by atoms with van der Waals surface area (Å²) < 4.78 is 9.60. The minimum Gasteiger partial charge on any atom is -0.478 e. The van der Waals surface area contributed by atoms with Gasteiger partial charge < -0.3 is 14.6 Å². The van der Waals surface area contributed by atoms with Crippen LogP contribution in [-0.4, -0.2) is 36.2 Å². The third-order valence-corrected chi connectivity index (χ3v) is 3.50. The topological polar surface area (TPSA) is 89.9 Å². The maximum absolute atomic E-state index is 10.6. The lowest BCUT2D eigenvalue weighted by molar-refractivity contribution is -0.139. The Bertz CT molecular complexity index is 441. The van der Waals surface area contributed by atoms with Gasteiger partial charge in [-0.25, -0.2) is 14.4 Å². The maximum Gasteiger partial charge on any atom is 0.330 e. The number of hydrogen-bond donors (Lipinski definition) is 1. The Kier molecular flexibility index (Phi) is 19.8. The van der Waals surface area contributed by atoms with Crippen LogP contribution in [0.1, 0.15) is 64.7 Å². The van der Waals surface area contributed by atoms with E-state index in [4.69, 9.17) is 14.6 Å². The minimum atomic E-state index is -0.860. The van der Waals surface area contributed by atoms with Gasteiger partial charge in [-0.3, -0.25) is 0 Å². The van der Waals surface area contributed by atoms with Crippen molar-refractivity contribution >= 4 is 17.9 Å². The largest absolute Gasteiger partial charge is 0.478 e. The molecule has 0 bridgehead atoms. The number of carboxylic acid groups (broad SMARTS) is 1. The normalized spacial score (nSPS) is 9.37. The van der Waals surface area contributed by atoms with E-state index in [0.29, 0.717) is 25.2 Å². The lowest BCUT2D eigenvalue weighted by Gasteiger charge is -2.03. The zero-order valence-electron chi connectivity index (χ0n) is 16.5. The number of carboxylic acids is 1. The van der Waals surface area contributed by atoms with E-state index in [0.717, 1.165) is 50.7 Å². The molecule has 6 nitrogen and oxygen atoms in total. The van der Waals surface area contributed by atoms with Crippen LogP contribution in [0.3, 0.4) is 0 Å². The van der Waals surface area contributed by atoms with Gasteiger partial charge in [0.05, 0.1) is 13.2 Å². The molecule has 6 heteroatoms. The van der Waals surface area contributed by atoms with Gasteiger partial charge in [0.25, 0.3) is 0 Å². The van der Waals surface area contributed by atoms with Crippen molar-refractivity contribution in [2.75, 3.05) is 13.2 Å². The summed E-state index contributed by atoms with van der Waals surface area (Å²) in [5, 5.41) is 8.44. The molecule has 0 radical (unpaired) electrons. The second-order valence-electron chi connectivity index (χ2n) is 5.88. The molecule has 0 saturated carbocycles. The standard InChI is InChI=1S/C12H18O4.C9H16O2/c1-3-11(13)15-9-7-5-6-8-10-16-12(14)4-2;1-3-4-5-6-7-8(2)9(10)11/h3-4H,1-2,5-10H2;2-7H2,1H3,(H,10,11). The fourth-order valence-electron chi connectivity index (χ4n) is 1.89. The third kappa shape index (κ3) is 21.6. The van der Waals surface area contributed by atoms with Crippen LogP contribution in [0, 0.1) is 0 Å². The van der Waals surface area contributed by atoms with Gasteiger partial charge in [0.1, 0.15) is 0 Å². The Morgan fingerprint density at radius 1 is 0.815 bits per heavy atom. The molecule has 0 aromatic carbocycles. The molecular weight excluding hydrogens is 348 g/mol. The maximum atomic E-state index is 10.6. The van der Waals surface area contributed by atoms with E-state index in [2.05, 4.69) is 26.7 Å². The van der Waals surface area contributed by atoms with Crippen molar-refractivity contribution < 1.29 is 29.0 Å². The minimum absolute atomic E-state index is 0.334. The zero-order chi connectivity index (χ0) is 20.9. The van der Waals surface area contributed by atoms with E-state index in [1.165, 1.54) is 12.8 Å². The molecule has 27 heavy (non-hydrogen) atoms. The fraction of sp³-hybridized carbons (Fsp3) is 0.571. The number of esters is 2. The number of ether oxygens (including phenoxy) is 2. The highest BCUT2D eigenvalue weighted by molar-refractivity contribution is 5.85. The molecule has 0 aliphatic heterocycles. The number of carbonyl (C=O) groups excluding carboxylic acids is 2. The first kappa shape index (κ1) is 26.9. The summed E-state index contributed by atoms with van der Waals surface area (Å²) in [5.74, 6) is -1.64. The first-order chi connectivity index (χ1) is 12.9. The van der Waals surface area contributed by atoms with E-state index in [1.807, 2.05) is 0 Å². The highest BCUT2D eigenvalue weighted by Gasteiger charge is 2.01. The predicted molar refractivity (Wildman–Crippen MR) is 106 cm³/mol. The summed E-state index contributed by atoms with van der Waals surface area (Å²) in [4.78, 5) is 31.6. The molecule has 0 saturated heterocycles. The number of rotatable bonds is 15. The quantitative estimate of drug-likeness (QED) is 0.253. The van der Waals surface area contributed by atoms with Crippen molar-refractivity contribution in [3.8, 4) is 0 Å². The van der Waals surface area contributed by atoms with Gasteiger partial charge in [0.15, 0.2) is 0 Å². The molecule has 0 heterocycles. The third-order valence-electron chi connectivity index (χ3n) is 3.50. The van der Waals surface area contributed by atoms with Gasteiger partial charge in [-0.15, -0.1) is 0 Å². The molecule has 0 fully saturated rings. The van der Waals surface area contributed by atoms with Gasteiger partial charge in [-0.2, -0.15) is 0 Å². The summed E-state index contributed by atoms with van der Waals surface area (Å²) in [6.07, 6.45) is 10.9.